The van der Waals surface area contributed by atoms with Gasteiger partial charge in [0, 0.05) is 29.4 Å². The fraction of sp³-hybridized carbons (Fsp3) is 0.125. The van der Waals surface area contributed by atoms with Gasteiger partial charge in [0.25, 0.3) is 5.91 Å². The average Bonchev–Trinajstić information content (AvgIpc) is 3.20. The summed E-state index contributed by atoms with van der Waals surface area (Å²) in [6, 6.07) is 6.97. The molecule has 10 nitrogen and oxygen atoms in total. The fourth-order valence-electron chi connectivity index (χ4n) is 2.22. The van der Waals surface area contributed by atoms with Crippen molar-refractivity contribution in [2.24, 2.45) is 0 Å². The van der Waals surface area contributed by atoms with Crippen molar-refractivity contribution in [2.75, 3.05) is 17.3 Å². The Morgan fingerprint density at radius 2 is 1.96 bits per heavy atom. The van der Waals surface area contributed by atoms with Crippen LogP contribution in [0, 0.1) is 10.1 Å². The Morgan fingerprint density at radius 3 is 2.67 bits per heavy atom. The van der Waals surface area contributed by atoms with Gasteiger partial charge in [0.2, 0.25) is 11.6 Å². The summed E-state index contributed by atoms with van der Waals surface area (Å²) in [5.41, 5.74) is 4.87. The van der Waals surface area contributed by atoms with Crippen molar-refractivity contribution in [1.82, 2.24) is 20.4 Å². The standard InChI is InChI=1S/C16H15N7O3S/c24-16(11-3-6-17-7-4-11)22-21-15-13(23(25)26)14(19-10-20-15)18-8-5-12-2-1-9-27-12/h1-4,6-7,9-10H,5,8H2,(H,22,24)(H2,18,19,20,21). The smallest absolute Gasteiger partial charge is 0.354 e. The number of anilines is 2. The van der Waals surface area contributed by atoms with E-state index in [9.17, 15) is 14.9 Å². The Balaban J connectivity index is 1.69. The van der Waals surface area contributed by atoms with Gasteiger partial charge in [0.05, 0.1) is 4.92 Å². The first kappa shape index (κ1) is 18.2. The monoisotopic (exact) mass is 385 g/mol. The number of hydrogen-bond acceptors (Lipinski definition) is 9. The largest absolute Gasteiger partial charge is 0.364 e. The zero-order valence-corrected chi connectivity index (χ0v) is 14.8. The number of nitrogens with one attached hydrogen (secondary N) is 3. The molecule has 3 aromatic heterocycles. The van der Waals surface area contributed by atoms with Gasteiger partial charge in [0.15, 0.2) is 0 Å². The zero-order chi connectivity index (χ0) is 19.1. The summed E-state index contributed by atoms with van der Waals surface area (Å²) in [5.74, 6) is -0.513. The van der Waals surface area contributed by atoms with Gasteiger partial charge >= 0.3 is 5.69 Å². The molecule has 3 N–H and O–H groups in total. The normalized spacial score (nSPS) is 10.2. The van der Waals surface area contributed by atoms with Gasteiger partial charge in [-0.1, -0.05) is 6.07 Å². The highest BCUT2D eigenvalue weighted by Gasteiger charge is 2.23. The van der Waals surface area contributed by atoms with Gasteiger partial charge in [0.1, 0.15) is 6.33 Å². The van der Waals surface area contributed by atoms with Crippen molar-refractivity contribution in [3.63, 3.8) is 0 Å². The maximum absolute atomic E-state index is 12.1. The number of aromatic nitrogens is 3. The molecule has 3 rings (SSSR count). The molecule has 0 aliphatic heterocycles. The molecule has 0 saturated carbocycles. The summed E-state index contributed by atoms with van der Waals surface area (Å²) in [4.78, 5) is 35.7. The lowest BCUT2D eigenvalue weighted by molar-refractivity contribution is -0.383. The SMILES string of the molecule is O=C(NNc1ncnc(NCCc2cccs2)c1[N+](=O)[O-])c1ccncc1. The van der Waals surface area contributed by atoms with Crippen molar-refractivity contribution in [1.29, 1.82) is 0 Å². The molecule has 0 saturated heterocycles. The number of hydrogen-bond donors (Lipinski definition) is 3. The van der Waals surface area contributed by atoms with Crippen LogP contribution in [0.4, 0.5) is 17.3 Å². The molecule has 0 aliphatic rings. The molecule has 138 valence electrons. The molecule has 0 fully saturated rings. The average molecular weight is 385 g/mol. The van der Waals surface area contributed by atoms with Crippen molar-refractivity contribution in [3.8, 4) is 0 Å². The van der Waals surface area contributed by atoms with E-state index in [-0.39, 0.29) is 17.3 Å². The van der Waals surface area contributed by atoms with Gasteiger partial charge in [-0.25, -0.2) is 9.97 Å². The minimum Gasteiger partial charge on any atom is -0.364 e. The molecule has 0 bridgehead atoms. The third-order valence-electron chi connectivity index (χ3n) is 3.49. The van der Waals surface area contributed by atoms with Crippen LogP contribution < -0.4 is 16.2 Å². The van der Waals surface area contributed by atoms with E-state index in [1.54, 1.807) is 11.3 Å². The number of carbonyl (C=O) groups excluding carboxylic acids is 1. The third kappa shape index (κ3) is 4.73. The summed E-state index contributed by atoms with van der Waals surface area (Å²) in [7, 11) is 0. The van der Waals surface area contributed by atoms with Gasteiger partial charge < -0.3 is 5.32 Å². The summed E-state index contributed by atoms with van der Waals surface area (Å²) in [5, 5.41) is 16.4. The highest BCUT2D eigenvalue weighted by molar-refractivity contribution is 7.09. The number of thiophene rings is 1. The number of pyridine rings is 1. The van der Waals surface area contributed by atoms with E-state index in [1.807, 2.05) is 17.5 Å². The lowest BCUT2D eigenvalue weighted by atomic mass is 10.3. The van der Waals surface area contributed by atoms with Crippen LogP contribution in [0.5, 0.6) is 0 Å². The van der Waals surface area contributed by atoms with Crippen LogP contribution in [-0.4, -0.2) is 32.3 Å². The van der Waals surface area contributed by atoms with Crippen molar-refractivity contribution < 1.29 is 9.72 Å². The van der Waals surface area contributed by atoms with E-state index < -0.39 is 10.8 Å². The van der Waals surface area contributed by atoms with E-state index in [2.05, 4.69) is 31.1 Å². The number of hydrazine groups is 1. The lowest BCUT2D eigenvalue weighted by Crippen LogP contribution is -2.30. The predicted octanol–water partition coefficient (Wildman–Crippen LogP) is 2.25. The minimum atomic E-state index is -0.603. The van der Waals surface area contributed by atoms with Crippen LogP contribution >= 0.6 is 11.3 Å². The fourth-order valence-corrected chi connectivity index (χ4v) is 2.93. The quantitative estimate of drug-likeness (QED) is 0.397. The van der Waals surface area contributed by atoms with Crippen molar-refractivity contribution in [2.45, 2.75) is 6.42 Å². The Hall–Kier alpha value is -3.60. The summed E-state index contributed by atoms with van der Waals surface area (Å²) >= 11 is 1.61. The van der Waals surface area contributed by atoms with Crippen molar-refractivity contribution in [3.05, 3.63) is 68.9 Å². The van der Waals surface area contributed by atoms with Crippen LogP contribution in [0.25, 0.3) is 0 Å². The molecular formula is C16H15N7O3S. The van der Waals surface area contributed by atoms with Crippen LogP contribution in [0.15, 0.2) is 48.4 Å². The Kier molecular flexibility index (Phi) is 5.84. The number of amides is 1. The first-order valence-electron chi connectivity index (χ1n) is 7.87. The van der Waals surface area contributed by atoms with Crippen molar-refractivity contribution >= 4 is 34.6 Å². The summed E-state index contributed by atoms with van der Waals surface area (Å²) < 4.78 is 0. The molecule has 0 aliphatic carbocycles. The summed E-state index contributed by atoms with van der Waals surface area (Å²) in [6.07, 6.45) is 4.83. The molecule has 3 heterocycles. The molecular weight excluding hydrogens is 370 g/mol. The second-order valence-electron chi connectivity index (χ2n) is 5.25. The second-order valence-corrected chi connectivity index (χ2v) is 6.28. The Bertz CT molecular complexity index is 919. The van der Waals surface area contributed by atoms with Gasteiger partial charge in [-0.2, -0.15) is 0 Å². The van der Waals surface area contributed by atoms with E-state index in [4.69, 9.17) is 0 Å². The number of nitrogens with zero attached hydrogens (tertiary/aromatic N) is 4. The first-order chi connectivity index (χ1) is 13.1. The maximum atomic E-state index is 12.1. The maximum Gasteiger partial charge on any atom is 0.354 e. The van der Waals surface area contributed by atoms with E-state index in [0.717, 1.165) is 4.88 Å². The summed E-state index contributed by atoms with van der Waals surface area (Å²) in [6.45, 7) is 0.473. The molecule has 27 heavy (non-hydrogen) atoms. The number of carbonyl (C=O) groups is 1. The molecule has 3 aromatic rings. The molecule has 0 unspecified atom stereocenters. The van der Waals surface area contributed by atoms with E-state index in [0.29, 0.717) is 18.5 Å². The van der Waals surface area contributed by atoms with E-state index in [1.165, 1.54) is 30.9 Å². The molecule has 0 atom stereocenters. The number of nitro groups is 1. The van der Waals surface area contributed by atoms with Crippen LogP contribution in [0.1, 0.15) is 15.2 Å². The van der Waals surface area contributed by atoms with Crippen LogP contribution in [0.3, 0.4) is 0 Å². The molecule has 0 aromatic carbocycles. The first-order valence-corrected chi connectivity index (χ1v) is 8.75. The predicted molar refractivity (Wildman–Crippen MR) is 101 cm³/mol. The zero-order valence-electron chi connectivity index (χ0n) is 14.0. The Labute approximate surface area is 157 Å². The molecule has 11 heteroatoms. The third-order valence-corrected chi connectivity index (χ3v) is 4.42. The van der Waals surface area contributed by atoms with Gasteiger partial charge in [-0.3, -0.25) is 30.7 Å². The highest BCUT2D eigenvalue weighted by Crippen LogP contribution is 2.28. The molecule has 0 spiro atoms. The number of rotatable bonds is 8. The van der Waals surface area contributed by atoms with Crippen LogP contribution in [-0.2, 0) is 6.42 Å². The lowest BCUT2D eigenvalue weighted by Gasteiger charge is -2.10. The highest BCUT2D eigenvalue weighted by atomic mass is 32.1. The molecule has 0 radical (unpaired) electrons. The van der Waals surface area contributed by atoms with Gasteiger partial charge in [-0.15, -0.1) is 11.3 Å². The topological polar surface area (TPSA) is 135 Å². The second kappa shape index (κ2) is 8.67. The minimum absolute atomic E-state index is 0.0761. The Morgan fingerprint density at radius 1 is 1.19 bits per heavy atom. The van der Waals surface area contributed by atoms with Crippen LogP contribution in [0.2, 0.25) is 0 Å². The molecule has 1 amide bonds. The van der Waals surface area contributed by atoms with Gasteiger partial charge in [-0.05, 0) is 30.0 Å². The van der Waals surface area contributed by atoms with E-state index >= 15 is 0 Å².